The van der Waals surface area contributed by atoms with Crippen molar-refractivity contribution in [3.8, 4) is 0 Å². The summed E-state index contributed by atoms with van der Waals surface area (Å²) in [5.74, 6) is 0.799. The lowest BCUT2D eigenvalue weighted by Crippen LogP contribution is -2.57. The van der Waals surface area contributed by atoms with Gasteiger partial charge in [0, 0.05) is 18.0 Å². The lowest BCUT2D eigenvalue weighted by atomic mass is 9.67. The van der Waals surface area contributed by atoms with Gasteiger partial charge in [-0.3, -0.25) is 4.90 Å². The molecule has 3 heterocycles. The quantitative estimate of drug-likeness (QED) is 0.465. The number of ether oxygens (including phenoxy) is 1. The van der Waals surface area contributed by atoms with E-state index < -0.39 is 0 Å². The van der Waals surface area contributed by atoms with Crippen molar-refractivity contribution in [1.29, 1.82) is 0 Å². The third-order valence-electron chi connectivity index (χ3n) is 6.46. The Bertz CT molecular complexity index is 1160. The fourth-order valence-corrected chi connectivity index (χ4v) is 6.24. The summed E-state index contributed by atoms with van der Waals surface area (Å²) in [4.78, 5) is 25.4. The number of benzene rings is 1. The summed E-state index contributed by atoms with van der Waals surface area (Å²) < 4.78 is 5.18. The first kappa shape index (κ1) is 20.2. The summed E-state index contributed by atoms with van der Waals surface area (Å²) in [6.07, 6.45) is 6.83. The van der Waals surface area contributed by atoms with E-state index in [1.807, 2.05) is 6.92 Å². The summed E-state index contributed by atoms with van der Waals surface area (Å²) in [5.41, 5.74) is 8.72. The maximum absolute atomic E-state index is 12.3. The monoisotopic (exact) mass is 434 g/mol. The fraction of sp³-hybridized carbons (Fsp3) is 0.375. The molecule has 5 rings (SSSR count). The van der Waals surface area contributed by atoms with Crippen molar-refractivity contribution < 1.29 is 9.53 Å². The largest absolute Gasteiger partial charge is 0.462 e. The van der Waals surface area contributed by atoms with Crippen LogP contribution in [0.25, 0.3) is 10.2 Å². The van der Waals surface area contributed by atoms with Gasteiger partial charge in [-0.25, -0.2) is 14.8 Å². The number of nitrogen functional groups attached to an aromatic ring is 1. The predicted octanol–water partition coefficient (Wildman–Crippen LogP) is 4.65. The van der Waals surface area contributed by atoms with E-state index in [0.717, 1.165) is 35.2 Å². The third kappa shape index (κ3) is 3.32. The Morgan fingerprint density at radius 1 is 1.26 bits per heavy atom. The molecule has 1 spiro atoms. The smallest absolute Gasteiger partial charge is 0.348 e. The molecule has 6 nitrogen and oxygen atoms in total. The molecule has 2 N–H and O–H groups in total. The standard InChI is InChI=1S/C24H26N4O2S/c1-3-30-23(29)19-15(2)18-21(25)26-17(27-22(18)31-19)13-28-14-24(11-7-8-12-24)20(28)16-9-5-4-6-10-16/h4-10,20H,3,11-14H2,1-2H3,(H2,25,26,27). The number of aromatic nitrogens is 2. The van der Waals surface area contributed by atoms with Crippen molar-refractivity contribution in [2.24, 2.45) is 5.41 Å². The number of fused-ring (bicyclic) bond motifs is 1. The van der Waals surface area contributed by atoms with Gasteiger partial charge in [0.05, 0.1) is 18.5 Å². The Balaban J connectivity index is 1.45. The van der Waals surface area contributed by atoms with Gasteiger partial charge in [-0.1, -0.05) is 42.5 Å². The van der Waals surface area contributed by atoms with E-state index in [1.54, 1.807) is 6.92 Å². The van der Waals surface area contributed by atoms with Crippen LogP contribution in [0.3, 0.4) is 0 Å². The van der Waals surface area contributed by atoms with E-state index in [4.69, 9.17) is 15.5 Å². The highest BCUT2D eigenvalue weighted by molar-refractivity contribution is 7.20. The number of hydrogen-bond acceptors (Lipinski definition) is 7. The van der Waals surface area contributed by atoms with Crippen LogP contribution in [0.4, 0.5) is 5.82 Å². The van der Waals surface area contributed by atoms with Gasteiger partial charge in [0.15, 0.2) is 0 Å². The topological polar surface area (TPSA) is 81.3 Å². The number of allylic oxidation sites excluding steroid dienone is 2. The summed E-state index contributed by atoms with van der Waals surface area (Å²) in [7, 11) is 0. The zero-order valence-corrected chi connectivity index (χ0v) is 18.6. The van der Waals surface area contributed by atoms with Crippen LogP contribution in [0.5, 0.6) is 0 Å². The second-order valence-corrected chi connectivity index (χ2v) is 9.44. The number of anilines is 1. The van der Waals surface area contributed by atoms with E-state index in [0.29, 0.717) is 35.7 Å². The molecule has 1 aromatic carbocycles. The van der Waals surface area contributed by atoms with Crippen molar-refractivity contribution in [3.63, 3.8) is 0 Å². The zero-order valence-electron chi connectivity index (χ0n) is 17.8. The van der Waals surface area contributed by atoms with Gasteiger partial charge >= 0.3 is 5.97 Å². The van der Waals surface area contributed by atoms with Crippen LogP contribution in [0.2, 0.25) is 0 Å². The summed E-state index contributed by atoms with van der Waals surface area (Å²) >= 11 is 1.33. The summed E-state index contributed by atoms with van der Waals surface area (Å²) in [5, 5.41) is 0.761. The predicted molar refractivity (Wildman–Crippen MR) is 123 cm³/mol. The number of esters is 1. The molecule has 31 heavy (non-hydrogen) atoms. The van der Waals surface area contributed by atoms with E-state index in [-0.39, 0.29) is 11.4 Å². The average molecular weight is 435 g/mol. The van der Waals surface area contributed by atoms with Crippen molar-refractivity contribution in [3.05, 3.63) is 64.3 Å². The normalized spacial score (nSPS) is 19.7. The molecule has 0 bridgehead atoms. The van der Waals surface area contributed by atoms with E-state index in [9.17, 15) is 4.79 Å². The highest BCUT2D eigenvalue weighted by atomic mass is 32.1. The van der Waals surface area contributed by atoms with Gasteiger partial charge in [0.2, 0.25) is 0 Å². The van der Waals surface area contributed by atoms with Gasteiger partial charge in [0.25, 0.3) is 0 Å². The van der Waals surface area contributed by atoms with Gasteiger partial charge in [-0.2, -0.15) is 0 Å². The number of thiophene rings is 1. The van der Waals surface area contributed by atoms with Gasteiger partial charge in [-0.05, 0) is 37.8 Å². The Hall–Kier alpha value is -2.77. The second-order valence-electron chi connectivity index (χ2n) is 8.44. The molecular formula is C24H26N4O2S. The maximum Gasteiger partial charge on any atom is 0.348 e. The van der Waals surface area contributed by atoms with E-state index in [1.165, 1.54) is 16.9 Å². The molecule has 1 saturated heterocycles. The van der Waals surface area contributed by atoms with Gasteiger partial charge in [-0.15, -0.1) is 11.3 Å². The van der Waals surface area contributed by atoms with Crippen LogP contribution in [0, 0.1) is 12.3 Å². The molecule has 1 aliphatic carbocycles. The fourth-order valence-electron chi connectivity index (χ4n) is 5.14. The number of nitrogens with zero attached hydrogens (tertiary/aromatic N) is 3. The number of hydrogen-bond donors (Lipinski definition) is 1. The molecular weight excluding hydrogens is 408 g/mol. The van der Waals surface area contributed by atoms with Crippen LogP contribution in [-0.4, -0.2) is 34.0 Å². The van der Waals surface area contributed by atoms with Crippen LogP contribution in [0.1, 0.15) is 52.4 Å². The SMILES string of the molecule is CCOC(=O)c1sc2nc(CN3CC4(CC=CC4)C3c3ccccc3)nc(N)c2c1C. The molecule has 2 aliphatic rings. The first-order valence-electron chi connectivity index (χ1n) is 10.7. The first-order chi connectivity index (χ1) is 15.0. The van der Waals surface area contributed by atoms with Gasteiger partial charge < -0.3 is 10.5 Å². The van der Waals surface area contributed by atoms with Crippen molar-refractivity contribution in [1.82, 2.24) is 14.9 Å². The van der Waals surface area contributed by atoms with Crippen molar-refractivity contribution in [2.75, 3.05) is 18.9 Å². The molecule has 0 amide bonds. The minimum atomic E-state index is -0.327. The van der Waals surface area contributed by atoms with Crippen LogP contribution in [-0.2, 0) is 11.3 Å². The molecule has 160 valence electrons. The number of rotatable bonds is 5. The minimum Gasteiger partial charge on any atom is -0.462 e. The molecule has 3 aromatic rings. The Kier molecular flexibility index (Phi) is 5.02. The highest BCUT2D eigenvalue weighted by Gasteiger charge is 2.52. The first-order valence-corrected chi connectivity index (χ1v) is 11.5. The molecule has 7 heteroatoms. The average Bonchev–Trinajstić information content (AvgIpc) is 3.35. The molecule has 0 saturated carbocycles. The summed E-state index contributed by atoms with van der Waals surface area (Å²) in [6, 6.07) is 11.0. The van der Waals surface area contributed by atoms with Crippen molar-refractivity contribution >= 4 is 33.3 Å². The lowest BCUT2D eigenvalue weighted by molar-refractivity contribution is -0.0773. The molecule has 0 radical (unpaired) electrons. The maximum atomic E-state index is 12.3. The van der Waals surface area contributed by atoms with Gasteiger partial charge in [0.1, 0.15) is 21.3 Å². The van der Waals surface area contributed by atoms with Crippen LogP contribution in [0.15, 0.2) is 42.5 Å². The van der Waals surface area contributed by atoms with Crippen LogP contribution >= 0.6 is 11.3 Å². The number of nitrogens with two attached hydrogens (primary N) is 1. The lowest BCUT2D eigenvalue weighted by Gasteiger charge is -2.56. The van der Waals surface area contributed by atoms with E-state index >= 15 is 0 Å². The number of carbonyl (C=O) groups excluding carboxylic acids is 1. The number of likely N-dealkylation sites (tertiary alicyclic amines) is 1. The molecule has 1 fully saturated rings. The zero-order chi connectivity index (χ0) is 21.6. The Labute approximate surface area is 185 Å². The molecule has 1 aliphatic heterocycles. The van der Waals surface area contributed by atoms with E-state index in [2.05, 4.69) is 52.4 Å². The Morgan fingerprint density at radius 2 is 2.00 bits per heavy atom. The number of carbonyl (C=O) groups is 1. The molecule has 2 aromatic heterocycles. The highest BCUT2D eigenvalue weighted by Crippen LogP contribution is 2.56. The molecule has 1 unspecified atom stereocenters. The molecule has 1 atom stereocenters. The minimum absolute atomic E-state index is 0.271. The number of aryl methyl sites for hydroxylation is 1. The third-order valence-corrected chi connectivity index (χ3v) is 7.63. The Morgan fingerprint density at radius 3 is 2.71 bits per heavy atom. The van der Waals surface area contributed by atoms with Crippen molar-refractivity contribution in [2.45, 2.75) is 39.3 Å². The van der Waals surface area contributed by atoms with Crippen LogP contribution < -0.4 is 5.73 Å². The second kappa shape index (κ2) is 7.73. The summed E-state index contributed by atoms with van der Waals surface area (Å²) in [6.45, 7) is 5.66.